The Hall–Kier alpha value is 0.500. The van der Waals surface area contributed by atoms with Crippen LogP contribution in [0.5, 0.6) is 0 Å². The van der Waals surface area contributed by atoms with Crippen LogP contribution < -0.4 is 0 Å². The first-order valence-electron chi connectivity index (χ1n) is 3.10. The maximum Gasteiger partial charge on any atom is 2.00 e. The van der Waals surface area contributed by atoms with Gasteiger partial charge in [0.05, 0.1) is 0 Å². The van der Waals surface area contributed by atoms with Crippen LogP contribution in [0.15, 0.2) is 30.3 Å². The second kappa shape index (κ2) is 6.03. The van der Waals surface area contributed by atoms with Crippen LogP contribution in [0.25, 0.3) is 0 Å². The van der Waals surface area contributed by atoms with E-state index in [4.69, 9.17) is 10.00 Å². The van der Waals surface area contributed by atoms with Gasteiger partial charge < -0.3 is 7.96 Å². The van der Waals surface area contributed by atoms with E-state index in [2.05, 4.69) is 0 Å². The standard InChI is InChI=1S/C7H7O3P.Ca.2H/c8-7(11(9)10)6-4-2-1-3-5-6;;;/h1-5,7-8H;;;/q;+2;2*-1/p+1. The van der Waals surface area contributed by atoms with Gasteiger partial charge in [0.2, 0.25) is 0 Å². The third kappa shape index (κ3) is 3.48. The number of aliphatic hydroxyl groups is 1. The van der Waals surface area contributed by atoms with E-state index in [-0.39, 0.29) is 40.6 Å². The molecule has 62 valence electrons. The molecule has 0 aromatic heterocycles. The molecule has 2 atom stereocenters. The number of aliphatic hydroxyl groups excluding tert-OH is 1. The molecule has 0 amide bonds. The summed E-state index contributed by atoms with van der Waals surface area (Å²) in [5.41, 5.74) is 0.469. The van der Waals surface area contributed by atoms with Crippen molar-refractivity contribution in [3.05, 3.63) is 35.9 Å². The van der Waals surface area contributed by atoms with Crippen molar-refractivity contribution in [2.75, 3.05) is 0 Å². The zero-order valence-electron chi connectivity index (χ0n) is 8.42. The van der Waals surface area contributed by atoms with Crippen molar-refractivity contribution in [1.29, 1.82) is 0 Å². The first-order chi connectivity index (χ1) is 5.22. The third-order valence-electron chi connectivity index (χ3n) is 1.31. The predicted octanol–water partition coefficient (Wildman–Crippen LogP) is 1.26. The molecular weight excluding hydrogens is 203 g/mol. The average molecular weight is 213 g/mol. The zero-order valence-corrected chi connectivity index (χ0v) is 9.52. The maximum absolute atomic E-state index is 10.4. The minimum absolute atomic E-state index is 0. The number of hydrogen-bond donors (Lipinski definition) is 2. The minimum atomic E-state index is -2.53. The summed E-state index contributed by atoms with van der Waals surface area (Å²) in [5, 5.41) is 9.06. The molecule has 0 heterocycles. The van der Waals surface area contributed by atoms with E-state index in [1.54, 1.807) is 30.3 Å². The maximum atomic E-state index is 10.4. The molecule has 1 rings (SSSR count). The smallest absolute Gasteiger partial charge is 1.00 e. The molecule has 2 N–H and O–H groups in total. The van der Waals surface area contributed by atoms with Crippen molar-refractivity contribution in [2.45, 2.75) is 5.85 Å². The molecule has 2 unspecified atom stereocenters. The number of benzene rings is 1. The molecule has 12 heavy (non-hydrogen) atoms. The summed E-state index contributed by atoms with van der Waals surface area (Å²) in [5.74, 6) is -1.26. The van der Waals surface area contributed by atoms with Gasteiger partial charge in [0, 0.05) is 5.56 Å². The molecule has 0 saturated carbocycles. The van der Waals surface area contributed by atoms with E-state index < -0.39 is 13.9 Å². The van der Waals surface area contributed by atoms with Crippen LogP contribution >= 0.6 is 8.03 Å². The Morgan fingerprint density at radius 2 is 1.83 bits per heavy atom. The van der Waals surface area contributed by atoms with E-state index in [9.17, 15) is 4.57 Å². The summed E-state index contributed by atoms with van der Waals surface area (Å²) in [7, 11) is -2.53. The van der Waals surface area contributed by atoms with Gasteiger partial charge in [-0.05, 0) is 4.57 Å². The molecule has 0 fully saturated rings. The molecule has 3 nitrogen and oxygen atoms in total. The Bertz CT molecular complexity index is 260. The van der Waals surface area contributed by atoms with Crippen LogP contribution in [0, 0.1) is 0 Å². The minimum Gasteiger partial charge on any atom is -1.00 e. The van der Waals surface area contributed by atoms with Crippen LogP contribution in [-0.2, 0) is 4.57 Å². The SMILES string of the molecule is O=[P+](O)C(O)c1ccccc1.[Ca+2].[H-].[H-]. The zero-order chi connectivity index (χ0) is 8.27. The summed E-state index contributed by atoms with van der Waals surface area (Å²) in [6.45, 7) is 0. The number of rotatable bonds is 2. The molecule has 0 aliphatic carbocycles. The fourth-order valence-corrected chi connectivity index (χ4v) is 1.18. The normalized spacial score (nSPS) is 13.0. The van der Waals surface area contributed by atoms with E-state index in [0.717, 1.165) is 0 Å². The Kier molecular flexibility index (Phi) is 6.28. The monoisotopic (exact) mass is 213 g/mol. The third-order valence-corrected chi connectivity index (χ3v) is 2.02. The summed E-state index contributed by atoms with van der Waals surface area (Å²) >= 11 is 0. The van der Waals surface area contributed by atoms with E-state index >= 15 is 0 Å². The Balaban J connectivity index is -0.000000403. The van der Waals surface area contributed by atoms with Crippen LogP contribution in [0.1, 0.15) is 14.3 Å². The molecule has 1 aromatic carbocycles. The molecule has 0 aliphatic rings. The predicted molar refractivity (Wildman–Crippen MR) is 49.2 cm³/mol. The van der Waals surface area contributed by atoms with Gasteiger partial charge in [0.15, 0.2) is 0 Å². The average Bonchev–Trinajstić information content (AvgIpc) is 2.05. The first kappa shape index (κ1) is 12.5. The van der Waals surface area contributed by atoms with Crippen molar-refractivity contribution in [1.82, 2.24) is 0 Å². The van der Waals surface area contributed by atoms with E-state index in [1.165, 1.54) is 0 Å². The molecule has 0 radical (unpaired) electrons. The van der Waals surface area contributed by atoms with Gasteiger partial charge in [0.1, 0.15) is 0 Å². The Labute approximate surface area is 104 Å². The topological polar surface area (TPSA) is 57.5 Å². The summed E-state index contributed by atoms with van der Waals surface area (Å²) < 4.78 is 10.4. The number of hydrogen-bond acceptors (Lipinski definition) is 2. The van der Waals surface area contributed by atoms with Crippen LogP contribution in [0.3, 0.4) is 0 Å². The van der Waals surface area contributed by atoms with Gasteiger partial charge in [-0.25, -0.2) is 0 Å². The van der Waals surface area contributed by atoms with Crippen molar-refractivity contribution in [3.63, 3.8) is 0 Å². The van der Waals surface area contributed by atoms with Gasteiger partial charge in [-0.2, -0.15) is 4.89 Å². The summed E-state index contributed by atoms with van der Waals surface area (Å²) in [4.78, 5) is 8.53. The van der Waals surface area contributed by atoms with Gasteiger partial charge in [0.25, 0.3) is 0 Å². The Morgan fingerprint density at radius 3 is 2.25 bits per heavy atom. The second-order valence-electron chi connectivity index (χ2n) is 2.09. The van der Waals surface area contributed by atoms with Crippen molar-refractivity contribution >= 4 is 45.8 Å². The molecule has 0 spiro atoms. The molecule has 5 heteroatoms. The van der Waals surface area contributed by atoms with Crippen LogP contribution in [0.4, 0.5) is 0 Å². The largest absolute Gasteiger partial charge is 2.00 e. The van der Waals surface area contributed by atoms with E-state index in [0.29, 0.717) is 5.56 Å². The van der Waals surface area contributed by atoms with Crippen molar-refractivity contribution < 1.29 is 17.4 Å². The fourth-order valence-electron chi connectivity index (χ4n) is 0.753. The van der Waals surface area contributed by atoms with Gasteiger partial charge in [-0.15, -0.1) is 0 Å². The Morgan fingerprint density at radius 1 is 1.33 bits per heavy atom. The molecule has 0 bridgehead atoms. The van der Waals surface area contributed by atoms with Gasteiger partial charge >= 0.3 is 51.6 Å². The fraction of sp³-hybridized carbons (Fsp3) is 0.143. The first-order valence-corrected chi connectivity index (χ1v) is 4.38. The molecule has 1 aromatic rings. The summed E-state index contributed by atoms with van der Waals surface area (Å²) in [6, 6.07) is 8.40. The molecule has 0 aliphatic heterocycles. The second-order valence-corrected chi connectivity index (χ2v) is 3.18. The van der Waals surface area contributed by atoms with Gasteiger partial charge in [-0.1, -0.05) is 30.3 Å². The van der Waals surface area contributed by atoms with Crippen molar-refractivity contribution in [3.8, 4) is 0 Å². The summed E-state index contributed by atoms with van der Waals surface area (Å²) in [6.07, 6.45) is 0. The van der Waals surface area contributed by atoms with E-state index in [1.807, 2.05) is 0 Å². The van der Waals surface area contributed by atoms with Crippen molar-refractivity contribution in [2.24, 2.45) is 0 Å². The van der Waals surface area contributed by atoms with Gasteiger partial charge in [-0.3, -0.25) is 0 Å². The van der Waals surface area contributed by atoms with Crippen LogP contribution in [-0.4, -0.2) is 47.7 Å². The molecule has 0 saturated heterocycles. The van der Waals surface area contributed by atoms with Crippen LogP contribution in [0.2, 0.25) is 0 Å². The quantitative estimate of drug-likeness (QED) is 0.574. The molecular formula is C7H10CaO3P+.